The van der Waals surface area contributed by atoms with Crippen molar-refractivity contribution in [2.75, 3.05) is 52.9 Å². The lowest BCUT2D eigenvalue weighted by molar-refractivity contribution is -0.409. The van der Waals surface area contributed by atoms with Crippen molar-refractivity contribution in [2.45, 2.75) is 485 Å². The van der Waals surface area contributed by atoms with Crippen LogP contribution in [0.5, 0.6) is 0 Å². The van der Waals surface area contributed by atoms with Crippen LogP contribution >= 0.6 is 0 Å². The molecule has 0 aromatic carbocycles. The molecule has 0 aromatic heterocycles. The molecule has 0 bridgehead atoms. The van der Waals surface area contributed by atoms with Gasteiger partial charge in [-0.3, -0.25) is 19.2 Å². The Labute approximate surface area is 853 Å². The van der Waals surface area contributed by atoms with Gasteiger partial charge < -0.3 is 220 Å². The van der Waals surface area contributed by atoms with Crippen LogP contribution in [0, 0.1) is 5.92 Å². The number of hydrogen-bond donors (Lipinski definition) is 29. The predicted molar refractivity (Wildman–Crippen MR) is 502 cm³/mol. The minimum atomic E-state index is -3.79. The predicted octanol–water partition coefficient (Wildman–Crippen LogP) is -5.60. The van der Waals surface area contributed by atoms with E-state index in [-0.39, 0.29) is 12.8 Å². The molecule has 7 aliphatic rings. The van der Waals surface area contributed by atoms with Crippen molar-refractivity contribution in [3.8, 4) is 0 Å². The second kappa shape index (κ2) is 63.3. The summed E-state index contributed by atoms with van der Waals surface area (Å²) in [5.41, 5.74) is 0. The summed E-state index contributed by atoms with van der Waals surface area (Å²) in [7, 11) is 0. The van der Waals surface area contributed by atoms with Crippen LogP contribution in [0.1, 0.15) is 247 Å². The van der Waals surface area contributed by atoms with Crippen LogP contribution in [-0.2, 0) is 105 Å². The lowest BCUT2D eigenvalue weighted by atomic mass is 9.86. The van der Waals surface area contributed by atoms with Gasteiger partial charge in [0.15, 0.2) is 25.2 Å². The largest absolute Gasteiger partial charge is 0.477 e. The number of carbonyl (C=O) groups excluding carboxylic acids is 5. The van der Waals surface area contributed by atoms with Gasteiger partial charge in [0, 0.05) is 58.8 Å². The zero-order valence-electron chi connectivity index (χ0n) is 84.5. The fourth-order valence-electron chi connectivity index (χ4n) is 19.7. The van der Waals surface area contributed by atoms with E-state index in [1.54, 1.807) is 0 Å². The number of unbranched alkanes of at least 4 members (excludes halogenated alkanes) is 23. The number of carboxylic acids is 3. The van der Waals surface area contributed by atoms with Gasteiger partial charge in [0.05, 0.1) is 108 Å². The molecule has 7 rings (SSSR count). The monoisotopic (exact) mass is 2130 g/mol. The van der Waals surface area contributed by atoms with Crippen LogP contribution < -0.4 is 21.3 Å². The number of ketones is 1. The Morgan fingerprint density at radius 1 is 0.381 bits per heavy atom. The molecule has 0 spiro atoms. The average Bonchev–Trinajstić information content (AvgIpc) is 0.736. The average molecular weight is 2130 g/mol. The van der Waals surface area contributed by atoms with Gasteiger partial charge >= 0.3 is 17.9 Å². The Morgan fingerprint density at radius 3 is 1.18 bits per heavy atom. The molecule has 0 saturated carbocycles. The molecule has 7 heterocycles. The number of Topliss-reactive ketones (excluding diaryl/α,β-unsaturated/α-hetero) is 1. The van der Waals surface area contributed by atoms with E-state index in [1.165, 1.54) is 70.6 Å². The first-order chi connectivity index (χ1) is 69.9. The third-order valence-corrected chi connectivity index (χ3v) is 27.9. The lowest BCUT2D eigenvalue weighted by Gasteiger charge is -2.53. The van der Waals surface area contributed by atoms with E-state index in [0.717, 1.165) is 111 Å². The number of amides is 4. The Morgan fingerprint density at radius 2 is 0.748 bits per heavy atom. The molecular formula is C96H166N4O47. The summed E-state index contributed by atoms with van der Waals surface area (Å²) in [6.07, 6.45) is -48.8. The third kappa shape index (κ3) is 36.2. The zero-order chi connectivity index (χ0) is 109. The molecular weight excluding hydrogens is 1960 g/mol. The topological polar surface area (TPSA) is 820 Å². The maximum absolute atomic E-state index is 14.7. The normalized spacial score (nSPS) is 35.5. The smallest absolute Gasteiger partial charge is 0.364 e. The van der Waals surface area contributed by atoms with E-state index in [4.69, 9.17) is 66.3 Å². The van der Waals surface area contributed by atoms with Gasteiger partial charge in [0.1, 0.15) is 146 Å². The highest BCUT2D eigenvalue weighted by Crippen LogP contribution is 2.46. The van der Waals surface area contributed by atoms with Crippen LogP contribution in [0.2, 0.25) is 0 Å². The summed E-state index contributed by atoms with van der Waals surface area (Å²) >= 11 is 0. The first-order valence-electron chi connectivity index (χ1n) is 51.6. The number of nitrogens with one attached hydrogen (secondary N) is 4. The van der Waals surface area contributed by atoms with E-state index in [1.807, 2.05) is 0 Å². The van der Waals surface area contributed by atoms with Gasteiger partial charge in [-0.05, 0) is 45.4 Å². The number of carbonyl (C=O) groups is 8. The minimum absolute atomic E-state index is 0.0590. The Kier molecular flexibility index (Phi) is 55.2. The lowest BCUT2D eigenvalue weighted by Crippen LogP contribution is -2.72. The molecule has 7 fully saturated rings. The van der Waals surface area contributed by atoms with Crippen LogP contribution in [0.3, 0.4) is 0 Å². The second-order valence-corrected chi connectivity index (χ2v) is 39.5. The van der Waals surface area contributed by atoms with Crippen molar-refractivity contribution in [1.82, 2.24) is 21.3 Å². The molecule has 7 saturated heterocycles. The van der Waals surface area contributed by atoms with Crippen molar-refractivity contribution in [3.63, 3.8) is 0 Å². The van der Waals surface area contributed by atoms with E-state index in [0.29, 0.717) is 12.8 Å². The van der Waals surface area contributed by atoms with E-state index < -0.39 is 369 Å². The molecule has 147 heavy (non-hydrogen) atoms. The highest BCUT2D eigenvalue weighted by Gasteiger charge is 2.66. The van der Waals surface area contributed by atoms with Gasteiger partial charge in [-0.2, -0.15) is 0 Å². The third-order valence-electron chi connectivity index (χ3n) is 27.9. The van der Waals surface area contributed by atoms with Crippen LogP contribution in [0.15, 0.2) is 12.2 Å². The first-order valence-corrected chi connectivity index (χ1v) is 51.6. The standard InChI is InChI=1S/C96H166N4O47/c1-7-9-11-13-15-17-19-21-22-24-26-28-30-32-34-36-66(118)100-54(55(112)35-33-31-29-27-25-23-20-18-16-14-12-10-8-2)48-134-88-76(125)75(124)80(64(46-106)137-88)140-90-78(127)86(147-96(93(132)133)40-58(115)69(99-52(6)111)84(145-96)74(123)63(45-105)142-94(91(128)129)38-56(113)67(97-50(4)109)82(143-94)70(119)59(116)41-101)81(65(47-107)138-90)141-87-53(37-49(3)108)79(72(121)61(43-103)135-87)139-89-77(126)85(73(122)62(44-104)136-89)146-95(92(130)131)39-57(114)68(98-51(5)110)83(144-95)71(120)60(117)42-102/h21-22,53-65,67-90,101-107,112-117,119-127H,7-20,23-48H2,1-6H3,(H,97,109)(H,98,110)(H,99,111)(H,100,118)(H,128,129)(H,130,131)(H,132,133)/t53-,54+,55-,56+,57+,58+,59-,60-,61-,62-,63-,64-,65-,67-,68-,69-,70-,71-,72+,73+,74-,75-,76-,77-,78-,79-,80-,81+,82?,83?,84?,85+,86-,87+,88-,89+,90+,94-,95+,96+/m1/s1. The van der Waals surface area contributed by atoms with Gasteiger partial charge in [0.25, 0.3) is 17.4 Å². The van der Waals surface area contributed by atoms with E-state index in [9.17, 15) is 166 Å². The molecule has 40 atom stereocenters. The molecule has 7 aliphatic heterocycles. The Hall–Kier alpha value is -5.74. The van der Waals surface area contributed by atoms with Crippen molar-refractivity contribution >= 4 is 47.3 Å². The molecule has 3 unspecified atom stereocenters. The number of aliphatic hydroxyl groups is 22. The highest BCUT2D eigenvalue weighted by atomic mass is 16.8. The maximum atomic E-state index is 14.7. The maximum Gasteiger partial charge on any atom is 0.364 e. The second-order valence-electron chi connectivity index (χ2n) is 39.5. The number of aliphatic carboxylic acids is 3. The van der Waals surface area contributed by atoms with Crippen LogP contribution in [0.4, 0.5) is 0 Å². The number of hydrogen-bond acceptors (Lipinski definition) is 44. The number of carboxylic acid groups (broad SMARTS) is 3. The van der Waals surface area contributed by atoms with Crippen LogP contribution in [0.25, 0.3) is 0 Å². The van der Waals surface area contributed by atoms with Crippen molar-refractivity contribution in [3.05, 3.63) is 12.2 Å². The van der Waals surface area contributed by atoms with Crippen molar-refractivity contribution in [2.24, 2.45) is 5.92 Å². The van der Waals surface area contributed by atoms with Gasteiger partial charge in [-0.1, -0.05) is 161 Å². The number of ether oxygens (including phenoxy) is 14. The summed E-state index contributed by atoms with van der Waals surface area (Å²) in [5, 5.41) is 296. The highest BCUT2D eigenvalue weighted by molar-refractivity contribution is 5.79. The van der Waals surface area contributed by atoms with Gasteiger partial charge in [0.2, 0.25) is 23.6 Å². The first kappa shape index (κ1) is 128. The van der Waals surface area contributed by atoms with Crippen molar-refractivity contribution in [1.29, 1.82) is 0 Å². The van der Waals surface area contributed by atoms with Gasteiger partial charge in [-0.15, -0.1) is 0 Å². The quantitative estimate of drug-likeness (QED) is 0.0199. The molecule has 0 radical (unpaired) electrons. The summed E-state index contributed by atoms with van der Waals surface area (Å²) in [5.74, 6) is -23.8. The summed E-state index contributed by atoms with van der Waals surface area (Å²) < 4.78 is 85.0. The Balaban J connectivity index is 1.26. The Bertz CT molecular complexity index is 3910. The minimum Gasteiger partial charge on any atom is -0.477 e. The van der Waals surface area contributed by atoms with Crippen LogP contribution in [-0.4, -0.2) is 465 Å². The number of allylic oxidation sites excluding steroid dienone is 2. The fourth-order valence-corrected chi connectivity index (χ4v) is 19.7. The number of aliphatic hydroxyl groups excluding tert-OH is 22. The molecule has 51 heteroatoms. The molecule has 0 aromatic rings. The van der Waals surface area contributed by atoms with E-state index >= 15 is 0 Å². The SMILES string of the molecule is CCCCCCCCC=CCCCCCCCC(=O)N[C@@H](CO[C@@H]1O[C@H](CO)[C@@H](O[C@@H]2O[C@H](CO)[C@H](O[C@@H]3O[C@H](CO)[C@H](O)[C@H](O[C@@H]4O[C@H](CO)[C@H](O)[C@H](O[C@]5(C(=O)O)C[C@H](O)[C@@H](NC(C)=O)C([C@H](O)[C@H](O)CO)O5)[C@H]4O)[C@H]3CC(C)=O)[C@H](O[C@]3(C(=O)O)C[C@H](O)[C@@H](NC(C)=O)C([C@H](O)[C@@H](CO)O[C@]4(C(=O)O)C[C@H](O)[C@@H](NC(C)=O)C([C@H](O)[C@H](O)CO)O4)O3)[C@H]2O)[C@H](O)[C@H]1O)[C@H](O)CCCCCCCCCCCCCCC. The zero-order valence-corrected chi connectivity index (χ0v) is 84.5. The molecule has 852 valence electrons. The molecule has 0 aliphatic carbocycles. The molecule has 4 amide bonds. The van der Waals surface area contributed by atoms with Crippen molar-refractivity contribution < 1.29 is 232 Å². The number of rotatable bonds is 67. The molecule has 29 N–H and O–H groups in total. The fraction of sp³-hybridized carbons (Fsp3) is 0.896. The van der Waals surface area contributed by atoms with Gasteiger partial charge in [-0.25, -0.2) is 14.4 Å². The summed E-state index contributed by atoms with van der Waals surface area (Å²) in [6.45, 7) is -2.01. The molecule has 51 nitrogen and oxygen atoms in total. The summed E-state index contributed by atoms with van der Waals surface area (Å²) in [4.78, 5) is 108. The van der Waals surface area contributed by atoms with E-state index in [2.05, 4.69) is 47.3 Å². The summed E-state index contributed by atoms with van der Waals surface area (Å²) in [6, 6.07) is -7.00.